The van der Waals surface area contributed by atoms with Crippen LogP contribution in [0.3, 0.4) is 0 Å². The largest absolute Gasteiger partial charge is 0.368 e. The Balaban J connectivity index is 1.28. The summed E-state index contributed by atoms with van der Waals surface area (Å²) in [6.07, 6.45) is 10.2. The number of likely N-dealkylation sites (tertiary alicyclic amines) is 1. The Hall–Kier alpha value is -3.26. The SMILES string of the molecule is Cn1c(C2CCC2)nc2cc(C(=O)N3CCC(c4ccncc4)CC3)cc(NC(=O)C3CCCO3)c21. The highest BCUT2D eigenvalue weighted by molar-refractivity contribution is 6.06. The number of amides is 2. The summed E-state index contributed by atoms with van der Waals surface area (Å²) in [5.41, 5.74) is 4.14. The van der Waals surface area contributed by atoms with Gasteiger partial charge in [0.2, 0.25) is 0 Å². The summed E-state index contributed by atoms with van der Waals surface area (Å²) in [4.78, 5) is 37.6. The number of aromatic nitrogens is 3. The minimum Gasteiger partial charge on any atom is -0.368 e. The summed E-state index contributed by atoms with van der Waals surface area (Å²) in [5.74, 6) is 1.76. The quantitative estimate of drug-likeness (QED) is 0.577. The van der Waals surface area contributed by atoms with E-state index in [1.807, 2.05) is 36.5 Å². The molecule has 0 bridgehead atoms. The molecule has 3 aliphatic rings. The first-order valence-electron chi connectivity index (χ1n) is 13.2. The number of pyridine rings is 1. The highest BCUT2D eigenvalue weighted by Crippen LogP contribution is 2.39. The third kappa shape index (κ3) is 4.28. The Morgan fingerprint density at radius 3 is 2.44 bits per heavy atom. The van der Waals surface area contributed by atoms with Crippen molar-refractivity contribution in [2.45, 2.75) is 62.9 Å². The van der Waals surface area contributed by atoms with Gasteiger partial charge >= 0.3 is 0 Å². The van der Waals surface area contributed by atoms with E-state index in [-0.39, 0.29) is 11.8 Å². The zero-order valence-corrected chi connectivity index (χ0v) is 20.8. The zero-order valence-electron chi connectivity index (χ0n) is 20.8. The maximum Gasteiger partial charge on any atom is 0.254 e. The maximum atomic E-state index is 13.6. The summed E-state index contributed by atoms with van der Waals surface area (Å²) >= 11 is 0. The molecule has 2 aromatic heterocycles. The van der Waals surface area contributed by atoms with Crippen LogP contribution in [0, 0.1) is 0 Å². The van der Waals surface area contributed by atoms with Crippen LogP contribution in [0.15, 0.2) is 36.7 Å². The van der Waals surface area contributed by atoms with Crippen molar-refractivity contribution in [2.75, 3.05) is 25.0 Å². The minimum atomic E-state index is -0.439. The maximum absolute atomic E-state index is 13.6. The van der Waals surface area contributed by atoms with Crippen LogP contribution in [0.1, 0.15) is 78.5 Å². The fourth-order valence-electron chi connectivity index (χ4n) is 5.85. The molecular weight excluding hydrogens is 454 g/mol. The average Bonchev–Trinajstić information content (AvgIpc) is 3.52. The zero-order chi connectivity index (χ0) is 24.6. The number of hydrogen-bond acceptors (Lipinski definition) is 5. The number of carbonyl (C=O) groups is 2. The number of piperidine rings is 1. The van der Waals surface area contributed by atoms with Gasteiger partial charge < -0.3 is 19.5 Å². The van der Waals surface area contributed by atoms with Gasteiger partial charge in [-0.15, -0.1) is 0 Å². The number of rotatable bonds is 5. The number of anilines is 1. The molecule has 8 heteroatoms. The Morgan fingerprint density at radius 2 is 1.78 bits per heavy atom. The molecule has 2 amide bonds. The van der Waals surface area contributed by atoms with E-state index < -0.39 is 6.10 Å². The lowest BCUT2D eigenvalue weighted by atomic mass is 9.85. The average molecular weight is 488 g/mol. The standard InChI is InChI=1S/C28H33N5O3/c1-32-25-22(30-26(32)20-4-2-5-20)16-21(17-23(25)31-27(34)24-6-3-15-36-24)28(35)33-13-9-19(10-14-33)18-7-11-29-12-8-18/h7-8,11-12,16-17,19-20,24H,2-6,9-10,13-15H2,1H3,(H,31,34). The van der Waals surface area contributed by atoms with E-state index in [9.17, 15) is 9.59 Å². The van der Waals surface area contributed by atoms with Crippen molar-refractivity contribution >= 4 is 28.5 Å². The predicted molar refractivity (Wildman–Crippen MR) is 137 cm³/mol. The number of benzene rings is 1. The van der Waals surface area contributed by atoms with Crippen molar-refractivity contribution in [1.29, 1.82) is 0 Å². The lowest BCUT2D eigenvalue weighted by Gasteiger charge is -2.32. The fourth-order valence-corrected chi connectivity index (χ4v) is 5.85. The van der Waals surface area contributed by atoms with E-state index in [4.69, 9.17) is 9.72 Å². The van der Waals surface area contributed by atoms with Crippen molar-refractivity contribution in [2.24, 2.45) is 7.05 Å². The molecule has 1 unspecified atom stereocenters. The second-order valence-electron chi connectivity index (χ2n) is 10.4. The molecule has 0 spiro atoms. The van der Waals surface area contributed by atoms with Crippen molar-refractivity contribution in [1.82, 2.24) is 19.4 Å². The molecule has 1 N–H and O–H groups in total. The topological polar surface area (TPSA) is 89.4 Å². The number of ether oxygens (including phenoxy) is 1. The van der Waals surface area contributed by atoms with Crippen molar-refractivity contribution in [3.8, 4) is 0 Å². The third-order valence-electron chi connectivity index (χ3n) is 8.16. The van der Waals surface area contributed by atoms with Gasteiger partial charge in [0.15, 0.2) is 0 Å². The molecule has 0 radical (unpaired) electrons. The van der Waals surface area contributed by atoms with E-state index in [1.54, 1.807) is 0 Å². The van der Waals surface area contributed by atoms with Crippen LogP contribution in [0.5, 0.6) is 0 Å². The Morgan fingerprint density at radius 1 is 1.00 bits per heavy atom. The molecule has 36 heavy (non-hydrogen) atoms. The van der Waals surface area contributed by atoms with Gasteiger partial charge in [0.25, 0.3) is 11.8 Å². The molecule has 1 saturated carbocycles. The summed E-state index contributed by atoms with van der Waals surface area (Å²) in [6, 6.07) is 7.87. The van der Waals surface area contributed by atoms with Gasteiger partial charge in [0.05, 0.1) is 16.7 Å². The van der Waals surface area contributed by atoms with Crippen molar-refractivity contribution < 1.29 is 14.3 Å². The van der Waals surface area contributed by atoms with Gasteiger partial charge in [-0.25, -0.2) is 4.98 Å². The second kappa shape index (κ2) is 9.65. The third-order valence-corrected chi connectivity index (χ3v) is 8.16. The summed E-state index contributed by atoms with van der Waals surface area (Å²) in [6.45, 7) is 2.02. The van der Waals surface area contributed by atoms with Crippen LogP contribution in [-0.4, -0.2) is 57.0 Å². The summed E-state index contributed by atoms with van der Waals surface area (Å²) in [7, 11) is 2.01. The lowest BCUT2D eigenvalue weighted by Crippen LogP contribution is -2.38. The monoisotopic (exact) mass is 487 g/mol. The summed E-state index contributed by atoms with van der Waals surface area (Å²) < 4.78 is 7.70. The smallest absolute Gasteiger partial charge is 0.254 e. The molecule has 4 heterocycles. The van der Waals surface area contributed by atoms with Gasteiger partial charge in [0, 0.05) is 50.6 Å². The van der Waals surface area contributed by atoms with Gasteiger partial charge in [-0.3, -0.25) is 14.6 Å². The van der Waals surface area contributed by atoms with E-state index in [0.717, 1.165) is 55.4 Å². The lowest BCUT2D eigenvalue weighted by molar-refractivity contribution is -0.124. The molecule has 3 aromatic rings. The first-order chi connectivity index (χ1) is 17.6. The first kappa shape index (κ1) is 23.2. The minimum absolute atomic E-state index is 0.00598. The number of aryl methyl sites for hydroxylation is 1. The number of nitrogens with one attached hydrogen (secondary N) is 1. The van der Waals surface area contributed by atoms with Gasteiger partial charge in [-0.1, -0.05) is 6.42 Å². The normalized spacial score (nSPS) is 21.0. The molecule has 3 fully saturated rings. The van der Waals surface area contributed by atoms with Crippen LogP contribution in [-0.2, 0) is 16.6 Å². The van der Waals surface area contributed by atoms with Gasteiger partial charge in [0.1, 0.15) is 11.9 Å². The molecule has 2 saturated heterocycles. The highest BCUT2D eigenvalue weighted by Gasteiger charge is 2.30. The Labute approximate surface area is 211 Å². The number of hydrogen-bond donors (Lipinski definition) is 1. The van der Waals surface area contributed by atoms with Crippen molar-refractivity contribution in [3.63, 3.8) is 0 Å². The highest BCUT2D eigenvalue weighted by atomic mass is 16.5. The van der Waals surface area contributed by atoms with Gasteiger partial charge in [-0.2, -0.15) is 0 Å². The van der Waals surface area contributed by atoms with Crippen LogP contribution in [0.4, 0.5) is 5.69 Å². The molecular formula is C28H33N5O3. The first-order valence-corrected chi connectivity index (χ1v) is 13.2. The number of fused-ring (bicyclic) bond motifs is 1. The van der Waals surface area contributed by atoms with Crippen LogP contribution >= 0.6 is 0 Å². The number of nitrogens with zero attached hydrogens (tertiary/aromatic N) is 4. The molecule has 6 rings (SSSR count). The van der Waals surface area contributed by atoms with Crippen molar-refractivity contribution in [3.05, 3.63) is 53.6 Å². The second-order valence-corrected chi connectivity index (χ2v) is 10.4. The molecule has 8 nitrogen and oxygen atoms in total. The van der Waals surface area contributed by atoms with E-state index in [0.29, 0.717) is 42.8 Å². The Bertz CT molecular complexity index is 1270. The fraction of sp³-hybridized carbons (Fsp3) is 0.500. The summed E-state index contributed by atoms with van der Waals surface area (Å²) in [5, 5.41) is 3.08. The van der Waals surface area contributed by atoms with E-state index in [1.165, 1.54) is 12.0 Å². The van der Waals surface area contributed by atoms with Crippen LogP contribution < -0.4 is 5.32 Å². The van der Waals surface area contributed by atoms with E-state index in [2.05, 4.69) is 27.0 Å². The van der Waals surface area contributed by atoms with Crippen LogP contribution in [0.25, 0.3) is 11.0 Å². The number of imidazole rings is 1. The van der Waals surface area contributed by atoms with E-state index >= 15 is 0 Å². The molecule has 2 aliphatic heterocycles. The van der Waals surface area contributed by atoms with Crippen LogP contribution in [0.2, 0.25) is 0 Å². The Kier molecular flexibility index (Phi) is 6.21. The predicted octanol–water partition coefficient (Wildman–Crippen LogP) is 4.37. The molecule has 1 atom stereocenters. The number of carbonyl (C=O) groups excluding carboxylic acids is 2. The molecule has 1 aliphatic carbocycles. The molecule has 1 aromatic carbocycles. The van der Waals surface area contributed by atoms with Gasteiger partial charge in [-0.05, 0) is 74.3 Å². The molecule has 188 valence electrons.